The van der Waals surface area contributed by atoms with Gasteiger partial charge in [0.25, 0.3) is 0 Å². The highest BCUT2D eigenvalue weighted by Gasteiger charge is 2.08. The molecule has 2 aromatic carbocycles. The van der Waals surface area contributed by atoms with Crippen LogP contribution in [0.5, 0.6) is 5.75 Å². The molecular weight excluding hydrogens is 250 g/mol. The van der Waals surface area contributed by atoms with Gasteiger partial charge in [-0.1, -0.05) is 35.9 Å². The zero-order valence-electron chi connectivity index (χ0n) is 10.2. The molecule has 96 valence electrons. The second-order valence-electron chi connectivity index (χ2n) is 4.11. The standard InChI is InChI=1S/C14H16ClNO2/c1-16-8-10(17)9-18-14-7-6-13(15)11-4-2-3-5-12(11)14/h2-7,10,16-17H,8-9H2,1H3. The number of likely N-dealkylation sites (N-methyl/N-ethyl adjacent to an activating group) is 1. The van der Waals surface area contributed by atoms with Gasteiger partial charge in [0, 0.05) is 22.3 Å². The monoisotopic (exact) mass is 265 g/mol. The molecule has 18 heavy (non-hydrogen) atoms. The van der Waals surface area contributed by atoms with Crippen LogP contribution in [-0.2, 0) is 0 Å². The number of nitrogens with one attached hydrogen (secondary N) is 1. The average Bonchev–Trinajstić information content (AvgIpc) is 2.39. The van der Waals surface area contributed by atoms with Crippen molar-refractivity contribution < 1.29 is 9.84 Å². The predicted octanol–water partition coefficient (Wildman–Crippen LogP) is 2.45. The molecule has 2 rings (SSSR count). The van der Waals surface area contributed by atoms with Crippen molar-refractivity contribution >= 4 is 22.4 Å². The average molecular weight is 266 g/mol. The van der Waals surface area contributed by atoms with Crippen LogP contribution in [0.15, 0.2) is 36.4 Å². The Bertz CT molecular complexity index is 530. The van der Waals surface area contributed by atoms with E-state index in [2.05, 4.69) is 5.32 Å². The number of rotatable bonds is 5. The third-order valence-corrected chi connectivity index (χ3v) is 3.03. The van der Waals surface area contributed by atoms with Crippen molar-refractivity contribution in [2.24, 2.45) is 0 Å². The van der Waals surface area contributed by atoms with Crippen LogP contribution in [0.25, 0.3) is 10.8 Å². The first-order valence-electron chi connectivity index (χ1n) is 5.85. The van der Waals surface area contributed by atoms with Crippen molar-refractivity contribution in [3.8, 4) is 5.75 Å². The number of fused-ring (bicyclic) bond motifs is 1. The van der Waals surface area contributed by atoms with Gasteiger partial charge in [-0.3, -0.25) is 0 Å². The van der Waals surface area contributed by atoms with Gasteiger partial charge < -0.3 is 15.2 Å². The first-order chi connectivity index (χ1) is 8.72. The fourth-order valence-corrected chi connectivity index (χ4v) is 2.07. The molecule has 0 saturated carbocycles. The molecule has 0 aromatic heterocycles. The number of halogens is 1. The molecule has 2 N–H and O–H groups in total. The second-order valence-corrected chi connectivity index (χ2v) is 4.52. The number of hydrogen-bond donors (Lipinski definition) is 2. The third-order valence-electron chi connectivity index (χ3n) is 2.70. The first kappa shape index (κ1) is 13.1. The summed E-state index contributed by atoms with van der Waals surface area (Å²) in [6, 6.07) is 11.4. The molecule has 2 aromatic rings. The molecule has 0 amide bonds. The molecule has 0 bridgehead atoms. The summed E-state index contributed by atoms with van der Waals surface area (Å²) in [5.41, 5.74) is 0. The molecule has 4 heteroatoms. The number of aliphatic hydroxyl groups excluding tert-OH is 1. The Balaban J connectivity index is 2.21. The summed E-state index contributed by atoms with van der Waals surface area (Å²) in [5, 5.41) is 15.1. The van der Waals surface area contributed by atoms with Crippen LogP contribution in [-0.4, -0.2) is 31.4 Å². The molecule has 0 spiro atoms. The third kappa shape index (κ3) is 2.93. The highest BCUT2D eigenvalue weighted by Crippen LogP contribution is 2.31. The Morgan fingerprint density at radius 1 is 1.22 bits per heavy atom. The van der Waals surface area contributed by atoms with Gasteiger partial charge in [-0.15, -0.1) is 0 Å². The number of aliphatic hydroxyl groups is 1. The van der Waals surface area contributed by atoms with Crippen LogP contribution in [0.4, 0.5) is 0 Å². The molecule has 1 atom stereocenters. The van der Waals surface area contributed by atoms with Crippen molar-refractivity contribution in [1.82, 2.24) is 5.32 Å². The van der Waals surface area contributed by atoms with Crippen LogP contribution in [0, 0.1) is 0 Å². The van der Waals surface area contributed by atoms with E-state index < -0.39 is 6.10 Å². The summed E-state index contributed by atoms with van der Waals surface area (Å²) in [4.78, 5) is 0. The van der Waals surface area contributed by atoms with E-state index in [1.807, 2.05) is 36.4 Å². The highest BCUT2D eigenvalue weighted by atomic mass is 35.5. The van der Waals surface area contributed by atoms with Crippen molar-refractivity contribution in [3.63, 3.8) is 0 Å². The molecule has 1 unspecified atom stereocenters. The fraction of sp³-hybridized carbons (Fsp3) is 0.286. The largest absolute Gasteiger partial charge is 0.490 e. The van der Waals surface area contributed by atoms with Crippen molar-refractivity contribution in [3.05, 3.63) is 41.4 Å². The molecule has 0 aliphatic heterocycles. The SMILES string of the molecule is CNCC(O)COc1ccc(Cl)c2ccccc12. The summed E-state index contributed by atoms with van der Waals surface area (Å²) >= 11 is 6.13. The van der Waals surface area contributed by atoms with Gasteiger partial charge >= 0.3 is 0 Å². The van der Waals surface area contributed by atoms with Gasteiger partial charge in [-0.25, -0.2) is 0 Å². The zero-order valence-corrected chi connectivity index (χ0v) is 10.9. The summed E-state index contributed by atoms with van der Waals surface area (Å²) in [6.07, 6.45) is -0.524. The molecule has 0 fully saturated rings. The number of hydrogen-bond acceptors (Lipinski definition) is 3. The summed E-state index contributed by atoms with van der Waals surface area (Å²) < 4.78 is 5.64. The second kappa shape index (κ2) is 6.05. The summed E-state index contributed by atoms with van der Waals surface area (Å²) in [7, 11) is 1.79. The lowest BCUT2D eigenvalue weighted by molar-refractivity contribution is 0.109. The Morgan fingerprint density at radius 3 is 2.67 bits per heavy atom. The van der Waals surface area contributed by atoms with Crippen molar-refractivity contribution in [1.29, 1.82) is 0 Å². The summed E-state index contributed by atoms with van der Waals surface area (Å²) in [6.45, 7) is 0.762. The van der Waals surface area contributed by atoms with Gasteiger partial charge in [0.05, 0.1) is 0 Å². The van der Waals surface area contributed by atoms with E-state index in [1.54, 1.807) is 7.05 Å². The van der Waals surface area contributed by atoms with E-state index in [4.69, 9.17) is 16.3 Å². The van der Waals surface area contributed by atoms with Crippen LogP contribution < -0.4 is 10.1 Å². The minimum Gasteiger partial charge on any atom is -0.490 e. The maximum absolute atomic E-state index is 9.62. The van der Waals surface area contributed by atoms with Gasteiger partial charge in [0.1, 0.15) is 18.5 Å². The number of ether oxygens (including phenoxy) is 1. The van der Waals surface area contributed by atoms with Crippen LogP contribution in [0.3, 0.4) is 0 Å². The Morgan fingerprint density at radius 2 is 1.94 bits per heavy atom. The van der Waals surface area contributed by atoms with Crippen molar-refractivity contribution in [2.45, 2.75) is 6.10 Å². The molecule has 0 heterocycles. The maximum atomic E-state index is 9.62. The molecule has 0 aliphatic carbocycles. The van der Waals surface area contributed by atoms with Gasteiger partial charge in [0.15, 0.2) is 0 Å². The quantitative estimate of drug-likeness (QED) is 0.873. The van der Waals surface area contributed by atoms with Crippen molar-refractivity contribution in [2.75, 3.05) is 20.2 Å². The lowest BCUT2D eigenvalue weighted by Crippen LogP contribution is -2.29. The Labute approximate surface area is 111 Å². The van der Waals surface area contributed by atoms with Crippen LogP contribution in [0.1, 0.15) is 0 Å². The minimum absolute atomic E-state index is 0.256. The lowest BCUT2D eigenvalue weighted by Gasteiger charge is -2.14. The van der Waals surface area contributed by atoms with Crippen LogP contribution in [0.2, 0.25) is 5.02 Å². The Kier molecular flexibility index (Phi) is 4.42. The van der Waals surface area contributed by atoms with E-state index in [1.165, 1.54) is 0 Å². The molecule has 0 radical (unpaired) electrons. The molecular formula is C14H16ClNO2. The molecule has 0 saturated heterocycles. The van der Waals surface area contributed by atoms with E-state index in [-0.39, 0.29) is 6.61 Å². The minimum atomic E-state index is -0.524. The number of benzene rings is 2. The molecule has 0 aliphatic rings. The van der Waals surface area contributed by atoms with E-state index >= 15 is 0 Å². The smallest absolute Gasteiger partial charge is 0.127 e. The van der Waals surface area contributed by atoms with Crippen LogP contribution >= 0.6 is 11.6 Å². The highest BCUT2D eigenvalue weighted by molar-refractivity contribution is 6.35. The fourth-order valence-electron chi connectivity index (χ4n) is 1.84. The van der Waals surface area contributed by atoms with E-state index in [9.17, 15) is 5.11 Å². The summed E-state index contributed by atoms with van der Waals surface area (Å²) in [5.74, 6) is 0.741. The normalized spacial score (nSPS) is 12.6. The topological polar surface area (TPSA) is 41.5 Å². The predicted molar refractivity (Wildman–Crippen MR) is 74.4 cm³/mol. The van der Waals surface area contributed by atoms with E-state index in [0.29, 0.717) is 11.6 Å². The van der Waals surface area contributed by atoms with Gasteiger partial charge in [-0.2, -0.15) is 0 Å². The zero-order chi connectivity index (χ0) is 13.0. The van der Waals surface area contributed by atoms with Gasteiger partial charge in [0.2, 0.25) is 0 Å². The maximum Gasteiger partial charge on any atom is 0.127 e. The van der Waals surface area contributed by atoms with E-state index in [0.717, 1.165) is 16.5 Å². The Hall–Kier alpha value is -1.29. The van der Waals surface area contributed by atoms with Gasteiger partial charge in [-0.05, 0) is 19.2 Å². The molecule has 3 nitrogen and oxygen atoms in total. The lowest BCUT2D eigenvalue weighted by atomic mass is 10.1. The first-order valence-corrected chi connectivity index (χ1v) is 6.23.